The largest absolute Gasteiger partial charge is 0.299 e. The zero-order chi connectivity index (χ0) is 13.4. The molecular formula is C17H22ClNS. The Hall–Kier alpha value is -0.830. The maximum atomic E-state index is 2.51. The molecule has 108 valence electrons. The Labute approximate surface area is 131 Å². The van der Waals surface area contributed by atoms with Crippen molar-refractivity contribution in [2.45, 2.75) is 32.7 Å². The number of thiophene rings is 1. The van der Waals surface area contributed by atoms with Crippen molar-refractivity contribution in [3.63, 3.8) is 0 Å². The van der Waals surface area contributed by atoms with Gasteiger partial charge in [-0.2, -0.15) is 0 Å². The number of nitrogens with zero attached hydrogens (tertiary/aromatic N) is 1. The normalized spacial score (nSPS) is 20.2. The first-order valence-corrected chi connectivity index (χ1v) is 7.81. The third-order valence-corrected chi connectivity index (χ3v) is 5.55. The van der Waals surface area contributed by atoms with Gasteiger partial charge in [-0.05, 0) is 44.8 Å². The second-order valence-electron chi connectivity index (χ2n) is 5.66. The smallest absolute Gasteiger partial charge is 0.0352 e. The summed E-state index contributed by atoms with van der Waals surface area (Å²) in [4.78, 5) is 4.01. The van der Waals surface area contributed by atoms with Gasteiger partial charge in [-0.1, -0.05) is 29.3 Å². The van der Waals surface area contributed by atoms with Gasteiger partial charge in [-0.3, -0.25) is 4.90 Å². The second-order valence-corrected chi connectivity index (χ2v) is 6.83. The van der Waals surface area contributed by atoms with Crippen LogP contribution in [0.2, 0.25) is 0 Å². The molecule has 2 aromatic rings. The van der Waals surface area contributed by atoms with E-state index in [9.17, 15) is 0 Å². The van der Waals surface area contributed by atoms with Crippen LogP contribution in [0.25, 0.3) is 10.1 Å². The van der Waals surface area contributed by atoms with Crippen LogP contribution in [0.15, 0.2) is 41.5 Å². The first-order chi connectivity index (χ1) is 9.15. The second kappa shape index (κ2) is 6.30. The molecule has 1 aliphatic rings. The number of rotatable bonds is 2. The monoisotopic (exact) mass is 307 g/mol. The predicted molar refractivity (Wildman–Crippen MR) is 92.2 cm³/mol. The fourth-order valence-electron chi connectivity index (χ4n) is 2.95. The van der Waals surface area contributed by atoms with Crippen LogP contribution in [0.4, 0.5) is 0 Å². The summed E-state index contributed by atoms with van der Waals surface area (Å²) in [7, 11) is 2.26. The number of fused-ring (bicyclic) bond motifs is 1. The standard InChI is InChI=1S/C17H21NS.ClH/c1-12-8-9-18(3)16(13(12)2)11-15-10-14-6-4-5-7-17(14)19-15;/h4-7,10,16H,8-9,11H2,1-3H3;1H. The molecule has 2 heterocycles. The Balaban J connectivity index is 0.00000147. The van der Waals surface area contributed by atoms with E-state index in [4.69, 9.17) is 0 Å². The van der Waals surface area contributed by atoms with E-state index >= 15 is 0 Å². The molecule has 0 aliphatic carbocycles. The topological polar surface area (TPSA) is 3.24 Å². The fourth-order valence-corrected chi connectivity index (χ4v) is 4.05. The molecule has 3 rings (SSSR count). The van der Waals surface area contributed by atoms with Crippen LogP contribution in [0.3, 0.4) is 0 Å². The van der Waals surface area contributed by atoms with E-state index < -0.39 is 0 Å². The zero-order valence-electron chi connectivity index (χ0n) is 12.3. The zero-order valence-corrected chi connectivity index (χ0v) is 14.0. The number of benzene rings is 1. The van der Waals surface area contributed by atoms with Gasteiger partial charge in [-0.25, -0.2) is 0 Å². The first-order valence-electron chi connectivity index (χ1n) is 6.99. The lowest BCUT2D eigenvalue weighted by molar-refractivity contribution is 0.256. The van der Waals surface area contributed by atoms with Gasteiger partial charge in [0, 0.05) is 28.6 Å². The molecule has 1 unspecified atom stereocenters. The molecule has 0 radical (unpaired) electrons. The molecule has 1 nitrogen and oxygen atoms in total. The summed E-state index contributed by atoms with van der Waals surface area (Å²) in [5.74, 6) is 0. The molecule has 0 spiro atoms. The number of halogens is 1. The molecular weight excluding hydrogens is 286 g/mol. The fraction of sp³-hybridized carbons (Fsp3) is 0.412. The van der Waals surface area contributed by atoms with E-state index in [2.05, 4.69) is 56.1 Å². The van der Waals surface area contributed by atoms with Crippen molar-refractivity contribution in [3.05, 3.63) is 46.4 Å². The highest BCUT2D eigenvalue weighted by Gasteiger charge is 2.23. The number of likely N-dealkylation sites (N-methyl/N-ethyl adjacent to an activating group) is 1. The lowest BCUT2D eigenvalue weighted by Crippen LogP contribution is -2.38. The van der Waals surface area contributed by atoms with Gasteiger partial charge in [0.15, 0.2) is 0 Å². The minimum atomic E-state index is 0. The van der Waals surface area contributed by atoms with Crippen LogP contribution < -0.4 is 0 Å². The van der Waals surface area contributed by atoms with E-state index in [0.717, 1.165) is 6.42 Å². The van der Waals surface area contributed by atoms with Crippen LogP contribution in [-0.4, -0.2) is 24.5 Å². The van der Waals surface area contributed by atoms with E-state index in [-0.39, 0.29) is 12.4 Å². The molecule has 20 heavy (non-hydrogen) atoms. The molecule has 0 saturated carbocycles. The van der Waals surface area contributed by atoms with E-state index in [1.807, 2.05) is 11.3 Å². The average Bonchev–Trinajstić information content (AvgIpc) is 2.81. The summed E-state index contributed by atoms with van der Waals surface area (Å²) in [5.41, 5.74) is 3.16. The van der Waals surface area contributed by atoms with Crippen molar-refractivity contribution >= 4 is 33.8 Å². The molecule has 1 atom stereocenters. The van der Waals surface area contributed by atoms with Crippen LogP contribution in [-0.2, 0) is 6.42 Å². The maximum absolute atomic E-state index is 2.51. The molecule has 0 saturated heterocycles. The predicted octanol–water partition coefficient (Wildman–Crippen LogP) is 4.91. The van der Waals surface area contributed by atoms with Gasteiger partial charge < -0.3 is 0 Å². The minimum Gasteiger partial charge on any atom is -0.299 e. The Morgan fingerprint density at radius 2 is 2.00 bits per heavy atom. The Kier molecular flexibility index (Phi) is 4.90. The van der Waals surface area contributed by atoms with Crippen molar-refractivity contribution in [1.29, 1.82) is 0 Å². The van der Waals surface area contributed by atoms with Crippen molar-refractivity contribution < 1.29 is 0 Å². The number of hydrogen-bond donors (Lipinski definition) is 0. The van der Waals surface area contributed by atoms with Gasteiger partial charge in [0.1, 0.15) is 0 Å². The van der Waals surface area contributed by atoms with Crippen molar-refractivity contribution in [2.24, 2.45) is 0 Å². The van der Waals surface area contributed by atoms with Crippen LogP contribution >= 0.6 is 23.7 Å². The van der Waals surface area contributed by atoms with Crippen LogP contribution in [0.5, 0.6) is 0 Å². The van der Waals surface area contributed by atoms with Crippen molar-refractivity contribution in [3.8, 4) is 0 Å². The summed E-state index contributed by atoms with van der Waals surface area (Å²) in [5, 5.41) is 1.39. The maximum Gasteiger partial charge on any atom is 0.0352 e. The number of hydrogen-bond acceptors (Lipinski definition) is 2. The van der Waals surface area contributed by atoms with E-state index in [1.165, 1.54) is 27.9 Å². The summed E-state index contributed by atoms with van der Waals surface area (Å²) in [6.07, 6.45) is 2.38. The van der Waals surface area contributed by atoms with E-state index in [0.29, 0.717) is 6.04 Å². The molecule has 0 N–H and O–H groups in total. The highest BCUT2D eigenvalue weighted by Crippen LogP contribution is 2.30. The Bertz CT molecular complexity index is 596. The van der Waals surface area contributed by atoms with Gasteiger partial charge in [0.05, 0.1) is 0 Å². The average molecular weight is 308 g/mol. The molecule has 3 heteroatoms. The van der Waals surface area contributed by atoms with Gasteiger partial charge in [0.25, 0.3) is 0 Å². The molecule has 1 aromatic heterocycles. The van der Waals surface area contributed by atoms with Gasteiger partial charge in [-0.15, -0.1) is 23.7 Å². The third-order valence-electron chi connectivity index (χ3n) is 4.42. The lowest BCUT2D eigenvalue weighted by Gasteiger charge is -2.34. The van der Waals surface area contributed by atoms with Gasteiger partial charge >= 0.3 is 0 Å². The molecule has 0 bridgehead atoms. The Morgan fingerprint density at radius 1 is 1.25 bits per heavy atom. The summed E-state index contributed by atoms with van der Waals surface area (Å²) in [6.45, 7) is 5.79. The molecule has 0 fully saturated rings. The van der Waals surface area contributed by atoms with Crippen molar-refractivity contribution in [2.75, 3.05) is 13.6 Å². The Morgan fingerprint density at radius 3 is 2.75 bits per heavy atom. The van der Waals surface area contributed by atoms with Crippen LogP contribution in [0, 0.1) is 0 Å². The quantitative estimate of drug-likeness (QED) is 0.713. The highest BCUT2D eigenvalue weighted by atomic mass is 35.5. The lowest BCUT2D eigenvalue weighted by atomic mass is 9.93. The SMILES string of the molecule is CC1=C(C)C(Cc2cc3ccccc3s2)N(C)CC1.Cl. The minimum absolute atomic E-state index is 0. The summed E-state index contributed by atoms with van der Waals surface area (Å²) in [6, 6.07) is 11.6. The summed E-state index contributed by atoms with van der Waals surface area (Å²) < 4.78 is 1.41. The first kappa shape index (κ1) is 15.6. The third kappa shape index (κ3) is 2.93. The molecule has 0 amide bonds. The summed E-state index contributed by atoms with van der Waals surface area (Å²) >= 11 is 1.95. The van der Waals surface area contributed by atoms with Crippen molar-refractivity contribution in [1.82, 2.24) is 4.90 Å². The van der Waals surface area contributed by atoms with E-state index in [1.54, 1.807) is 11.1 Å². The molecule has 1 aromatic carbocycles. The van der Waals surface area contributed by atoms with Gasteiger partial charge in [0.2, 0.25) is 0 Å². The van der Waals surface area contributed by atoms with Crippen LogP contribution in [0.1, 0.15) is 25.1 Å². The molecule has 1 aliphatic heterocycles. The highest BCUT2D eigenvalue weighted by molar-refractivity contribution is 7.19.